The molecule has 2 aromatic rings. The van der Waals surface area contributed by atoms with Crippen LogP contribution in [0.2, 0.25) is 0 Å². The van der Waals surface area contributed by atoms with Gasteiger partial charge in [-0.05, 0) is 45.0 Å². The lowest BCUT2D eigenvalue weighted by atomic mass is 10.1. The summed E-state index contributed by atoms with van der Waals surface area (Å²) in [6.45, 7) is 5.88. The van der Waals surface area contributed by atoms with Crippen LogP contribution < -0.4 is 10.6 Å². The van der Waals surface area contributed by atoms with Gasteiger partial charge in [0.2, 0.25) is 0 Å². The summed E-state index contributed by atoms with van der Waals surface area (Å²) in [4.78, 5) is 34.7. The summed E-state index contributed by atoms with van der Waals surface area (Å²) < 4.78 is 1.78. The minimum Gasteiger partial charge on any atom is -0.481 e. The van der Waals surface area contributed by atoms with Gasteiger partial charge in [-0.2, -0.15) is 5.10 Å². The van der Waals surface area contributed by atoms with Crippen molar-refractivity contribution >= 4 is 23.5 Å². The van der Waals surface area contributed by atoms with E-state index in [1.807, 2.05) is 20.8 Å². The minimum atomic E-state index is -0.973. The van der Waals surface area contributed by atoms with Crippen LogP contribution in [0.5, 0.6) is 0 Å². The predicted molar refractivity (Wildman–Crippen MR) is 96.3 cm³/mol. The SMILES string of the molecule is Cc1c(C(=O)Nc2ccc(C(=O)NCCC(=O)O)cc2)cnn1C(C)C. The summed E-state index contributed by atoms with van der Waals surface area (Å²) in [5, 5.41) is 18.1. The summed E-state index contributed by atoms with van der Waals surface area (Å²) >= 11 is 0. The van der Waals surface area contributed by atoms with Gasteiger partial charge in [-0.15, -0.1) is 0 Å². The predicted octanol–water partition coefficient (Wildman–Crippen LogP) is 2.23. The molecule has 0 radical (unpaired) electrons. The van der Waals surface area contributed by atoms with Crippen molar-refractivity contribution in [3.05, 3.63) is 47.3 Å². The number of nitrogens with one attached hydrogen (secondary N) is 2. The first-order chi connectivity index (χ1) is 12.3. The summed E-state index contributed by atoms with van der Waals surface area (Å²) in [6, 6.07) is 6.53. The Balaban J connectivity index is 1.99. The average molecular weight is 358 g/mol. The van der Waals surface area contributed by atoms with Crippen molar-refractivity contribution in [3.8, 4) is 0 Å². The number of amides is 2. The van der Waals surface area contributed by atoms with Crippen LogP contribution in [0.4, 0.5) is 5.69 Å². The molecule has 2 amide bonds. The molecule has 0 fully saturated rings. The van der Waals surface area contributed by atoms with Crippen LogP contribution in [0.1, 0.15) is 52.7 Å². The molecule has 0 aliphatic rings. The maximum Gasteiger partial charge on any atom is 0.305 e. The van der Waals surface area contributed by atoms with Crippen molar-refractivity contribution in [1.82, 2.24) is 15.1 Å². The summed E-state index contributed by atoms with van der Waals surface area (Å²) in [6.07, 6.45) is 1.40. The maximum atomic E-state index is 12.4. The van der Waals surface area contributed by atoms with Crippen molar-refractivity contribution in [2.75, 3.05) is 11.9 Å². The Hall–Kier alpha value is -3.16. The Morgan fingerprint density at radius 2 is 1.81 bits per heavy atom. The molecule has 8 heteroatoms. The molecule has 0 spiro atoms. The lowest BCUT2D eigenvalue weighted by Crippen LogP contribution is -2.25. The number of aliphatic carboxylic acids is 1. The number of aromatic nitrogens is 2. The zero-order valence-corrected chi connectivity index (χ0v) is 14.9. The third-order valence-electron chi connectivity index (χ3n) is 3.81. The van der Waals surface area contributed by atoms with Crippen molar-refractivity contribution in [1.29, 1.82) is 0 Å². The Labute approximate surface area is 151 Å². The summed E-state index contributed by atoms with van der Waals surface area (Å²) in [5.74, 6) is -1.61. The highest BCUT2D eigenvalue weighted by Crippen LogP contribution is 2.16. The number of carbonyl (C=O) groups is 3. The largest absolute Gasteiger partial charge is 0.481 e. The van der Waals surface area contributed by atoms with Crippen LogP contribution in [0, 0.1) is 6.92 Å². The molecule has 0 atom stereocenters. The molecule has 0 unspecified atom stereocenters. The van der Waals surface area contributed by atoms with Crippen LogP contribution >= 0.6 is 0 Å². The quantitative estimate of drug-likeness (QED) is 0.702. The number of nitrogens with zero attached hydrogens (tertiary/aromatic N) is 2. The van der Waals surface area contributed by atoms with E-state index in [-0.39, 0.29) is 30.8 Å². The molecule has 1 aromatic heterocycles. The van der Waals surface area contributed by atoms with Gasteiger partial charge in [0.25, 0.3) is 11.8 Å². The summed E-state index contributed by atoms with van der Waals surface area (Å²) in [7, 11) is 0. The van der Waals surface area contributed by atoms with Gasteiger partial charge in [0, 0.05) is 29.5 Å². The van der Waals surface area contributed by atoms with E-state index in [9.17, 15) is 14.4 Å². The Morgan fingerprint density at radius 3 is 2.35 bits per heavy atom. The van der Waals surface area contributed by atoms with E-state index in [1.165, 1.54) is 6.20 Å². The Morgan fingerprint density at radius 1 is 1.15 bits per heavy atom. The molecule has 138 valence electrons. The first-order valence-electron chi connectivity index (χ1n) is 8.25. The second-order valence-corrected chi connectivity index (χ2v) is 6.11. The topological polar surface area (TPSA) is 113 Å². The molecular formula is C18H22N4O4. The average Bonchev–Trinajstić information content (AvgIpc) is 2.97. The van der Waals surface area contributed by atoms with E-state index in [0.717, 1.165) is 5.69 Å². The van der Waals surface area contributed by atoms with Gasteiger partial charge < -0.3 is 15.7 Å². The number of benzene rings is 1. The van der Waals surface area contributed by atoms with Crippen LogP contribution in [-0.4, -0.2) is 39.2 Å². The second-order valence-electron chi connectivity index (χ2n) is 6.11. The van der Waals surface area contributed by atoms with E-state index in [1.54, 1.807) is 28.9 Å². The number of hydrogen-bond acceptors (Lipinski definition) is 4. The lowest BCUT2D eigenvalue weighted by molar-refractivity contribution is -0.136. The van der Waals surface area contributed by atoms with Crippen molar-refractivity contribution in [2.24, 2.45) is 0 Å². The van der Waals surface area contributed by atoms with Crippen LogP contribution in [0.3, 0.4) is 0 Å². The number of carbonyl (C=O) groups excluding carboxylic acids is 2. The maximum absolute atomic E-state index is 12.4. The molecule has 2 rings (SSSR count). The van der Waals surface area contributed by atoms with Gasteiger partial charge in [-0.25, -0.2) is 0 Å². The van der Waals surface area contributed by atoms with Gasteiger partial charge >= 0.3 is 5.97 Å². The van der Waals surface area contributed by atoms with E-state index in [2.05, 4.69) is 15.7 Å². The number of anilines is 1. The fraction of sp³-hybridized carbons (Fsp3) is 0.333. The van der Waals surface area contributed by atoms with E-state index >= 15 is 0 Å². The standard InChI is InChI=1S/C18H22N4O4/c1-11(2)22-12(3)15(10-20-22)18(26)21-14-6-4-13(5-7-14)17(25)19-9-8-16(23)24/h4-7,10-11H,8-9H2,1-3H3,(H,19,25)(H,21,26)(H,23,24). The smallest absolute Gasteiger partial charge is 0.305 e. The van der Waals surface area contributed by atoms with E-state index in [0.29, 0.717) is 16.8 Å². The number of carboxylic acids is 1. The second kappa shape index (κ2) is 8.28. The monoisotopic (exact) mass is 358 g/mol. The number of hydrogen-bond donors (Lipinski definition) is 3. The Kier molecular flexibility index (Phi) is 6.11. The van der Waals surface area contributed by atoms with Gasteiger partial charge in [0.1, 0.15) is 0 Å². The fourth-order valence-corrected chi connectivity index (χ4v) is 2.46. The number of carboxylic acid groups (broad SMARTS) is 1. The molecule has 1 aromatic carbocycles. The highest BCUT2D eigenvalue weighted by molar-refractivity contribution is 6.05. The molecule has 3 N–H and O–H groups in total. The van der Waals surface area contributed by atoms with E-state index < -0.39 is 5.97 Å². The zero-order chi connectivity index (χ0) is 19.3. The van der Waals surface area contributed by atoms with Gasteiger partial charge in [0.05, 0.1) is 18.2 Å². The van der Waals surface area contributed by atoms with Gasteiger partial charge in [0.15, 0.2) is 0 Å². The minimum absolute atomic E-state index is 0.0613. The first-order valence-corrected chi connectivity index (χ1v) is 8.25. The number of rotatable bonds is 7. The molecule has 26 heavy (non-hydrogen) atoms. The van der Waals surface area contributed by atoms with Crippen molar-refractivity contribution < 1.29 is 19.5 Å². The normalized spacial score (nSPS) is 10.6. The molecule has 0 saturated carbocycles. The molecule has 0 bridgehead atoms. The first kappa shape index (κ1) is 19.2. The highest BCUT2D eigenvalue weighted by Gasteiger charge is 2.16. The molecule has 8 nitrogen and oxygen atoms in total. The molecule has 0 aliphatic carbocycles. The summed E-state index contributed by atoms with van der Waals surface area (Å²) in [5.41, 5.74) is 2.21. The van der Waals surface area contributed by atoms with Gasteiger partial charge in [-0.3, -0.25) is 19.1 Å². The zero-order valence-electron chi connectivity index (χ0n) is 14.9. The third kappa shape index (κ3) is 4.69. The van der Waals surface area contributed by atoms with E-state index in [4.69, 9.17) is 5.11 Å². The van der Waals surface area contributed by atoms with Crippen molar-refractivity contribution in [3.63, 3.8) is 0 Å². The van der Waals surface area contributed by atoms with Crippen LogP contribution in [-0.2, 0) is 4.79 Å². The van der Waals surface area contributed by atoms with Crippen LogP contribution in [0.15, 0.2) is 30.5 Å². The lowest BCUT2D eigenvalue weighted by Gasteiger charge is -2.09. The van der Waals surface area contributed by atoms with Crippen LogP contribution in [0.25, 0.3) is 0 Å². The molecular weight excluding hydrogens is 336 g/mol. The van der Waals surface area contributed by atoms with Gasteiger partial charge in [-0.1, -0.05) is 0 Å². The molecule has 1 heterocycles. The third-order valence-corrected chi connectivity index (χ3v) is 3.81. The Bertz CT molecular complexity index is 809. The molecule has 0 saturated heterocycles. The molecule has 0 aliphatic heterocycles. The van der Waals surface area contributed by atoms with Crippen molar-refractivity contribution in [2.45, 2.75) is 33.2 Å². The fourth-order valence-electron chi connectivity index (χ4n) is 2.46. The highest BCUT2D eigenvalue weighted by atomic mass is 16.4.